The van der Waals surface area contributed by atoms with Gasteiger partial charge in [0.25, 0.3) is 5.56 Å². The number of phenols is 1. The number of nitrogens with zero attached hydrogens (tertiary/aromatic N) is 2. The summed E-state index contributed by atoms with van der Waals surface area (Å²) < 4.78 is 18.8. The van der Waals surface area contributed by atoms with Gasteiger partial charge in [0.15, 0.2) is 16.3 Å². The first-order chi connectivity index (χ1) is 17.9. The maximum Gasteiger partial charge on any atom is 0.338 e. The van der Waals surface area contributed by atoms with E-state index in [2.05, 4.69) is 11.6 Å². The van der Waals surface area contributed by atoms with Crippen molar-refractivity contribution in [3.63, 3.8) is 0 Å². The largest absolute Gasteiger partial charge is 0.508 e. The van der Waals surface area contributed by atoms with Crippen LogP contribution in [0, 0.1) is 0 Å². The number of hydrogen-bond donors (Lipinski definition) is 1. The van der Waals surface area contributed by atoms with Crippen molar-refractivity contribution in [2.75, 3.05) is 19.8 Å². The minimum atomic E-state index is -0.783. The summed E-state index contributed by atoms with van der Waals surface area (Å²) in [6.07, 6.45) is 3.33. The maximum absolute atomic E-state index is 13.7. The Balaban J connectivity index is 1.94. The molecular formula is C28H28N2O6S. The lowest BCUT2D eigenvalue weighted by Crippen LogP contribution is -2.40. The summed E-state index contributed by atoms with van der Waals surface area (Å²) in [6, 6.07) is 11.2. The van der Waals surface area contributed by atoms with Crippen LogP contribution in [0.3, 0.4) is 0 Å². The second-order valence-electron chi connectivity index (χ2n) is 8.14. The van der Waals surface area contributed by atoms with Gasteiger partial charge in [0.1, 0.15) is 12.4 Å². The van der Waals surface area contributed by atoms with E-state index in [4.69, 9.17) is 14.2 Å². The molecule has 1 aliphatic heterocycles. The highest BCUT2D eigenvalue weighted by Gasteiger charge is 2.34. The first-order valence-electron chi connectivity index (χ1n) is 11.9. The molecular weight excluding hydrogens is 492 g/mol. The van der Waals surface area contributed by atoms with Crippen molar-refractivity contribution in [3.8, 4) is 17.2 Å². The molecule has 9 heteroatoms. The van der Waals surface area contributed by atoms with Gasteiger partial charge in [-0.3, -0.25) is 9.36 Å². The highest BCUT2D eigenvalue weighted by molar-refractivity contribution is 7.07. The number of carbonyl (C=O) groups excluding carboxylic acids is 1. The van der Waals surface area contributed by atoms with Crippen molar-refractivity contribution >= 4 is 23.4 Å². The van der Waals surface area contributed by atoms with Crippen molar-refractivity contribution in [2.24, 2.45) is 4.99 Å². The topological polar surface area (TPSA) is 99.4 Å². The number of hydrogen-bond acceptors (Lipinski definition) is 8. The zero-order chi connectivity index (χ0) is 26.5. The number of allylic oxidation sites excluding steroid dienone is 1. The van der Waals surface area contributed by atoms with E-state index < -0.39 is 12.0 Å². The Morgan fingerprint density at radius 3 is 2.68 bits per heavy atom. The second kappa shape index (κ2) is 11.3. The molecule has 0 aliphatic carbocycles. The number of rotatable bonds is 9. The molecule has 37 heavy (non-hydrogen) atoms. The third-order valence-corrected chi connectivity index (χ3v) is 6.61. The standard InChI is InChI=1S/C28H28N2O6S/c1-5-13-36-21-12-11-19(16-22(21)34-6-2)25-24(27(33)35-7-3)17(4)29-28-30(25)26(32)23(37-28)15-18-9-8-10-20(31)14-18/h5,8-12,14-16,25,31H,1,6-7,13H2,2-4H3/t25-/m0/s1. The van der Waals surface area contributed by atoms with Crippen molar-refractivity contribution in [2.45, 2.75) is 26.8 Å². The van der Waals surface area contributed by atoms with Gasteiger partial charge in [0.05, 0.1) is 35.1 Å². The predicted molar refractivity (Wildman–Crippen MR) is 142 cm³/mol. The molecule has 1 aliphatic rings. The van der Waals surface area contributed by atoms with Gasteiger partial charge in [0, 0.05) is 0 Å². The Kier molecular flexibility index (Phi) is 7.93. The Labute approximate surface area is 218 Å². The van der Waals surface area contributed by atoms with Crippen molar-refractivity contribution in [3.05, 3.63) is 97.2 Å². The monoisotopic (exact) mass is 520 g/mol. The second-order valence-corrected chi connectivity index (χ2v) is 9.15. The van der Waals surface area contributed by atoms with Crippen LogP contribution in [-0.2, 0) is 9.53 Å². The van der Waals surface area contributed by atoms with Gasteiger partial charge in [-0.05, 0) is 62.2 Å². The number of thiazole rings is 1. The summed E-state index contributed by atoms with van der Waals surface area (Å²) >= 11 is 1.21. The highest BCUT2D eigenvalue weighted by atomic mass is 32.1. The molecule has 1 atom stereocenters. The summed E-state index contributed by atoms with van der Waals surface area (Å²) in [5.74, 6) is 0.574. The van der Waals surface area contributed by atoms with E-state index in [1.54, 1.807) is 68.5 Å². The van der Waals surface area contributed by atoms with Gasteiger partial charge in [-0.2, -0.15) is 0 Å². The number of ether oxygens (including phenoxy) is 3. The Morgan fingerprint density at radius 1 is 1.16 bits per heavy atom. The first kappa shape index (κ1) is 26.0. The summed E-state index contributed by atoms with van der Waals surface area (Å²) in [5, 5.41) is 9.84. The van der Waals surface area contributed by atoms with E-state index in [1.807, 2.05) is 6.92 Å². The summed E-state index contributed by atoms with van der Waals surface area (Å²) in [7, 11) is 0. The van der Waals surface area contributed by atoms with E-state index >= 15 is 0 Å². The molecule has 0 radical (unpaired) electrons. The Morgan fingerprint density at radius 2 is 1.97 bits per heavy atom. The van der Waals surface area contributed by atoms with E-state index in [1.165, 1.54) is 15.9 Å². The quantitative estimate of drug-likeness (QED) is 0.343. The molecule has 4 rings (SSSR count). The third-order valence-electron chi connectivity index (χ3n) is 5.63. The molecule has 2 aromatic carbocycles. The molecule has 1 N–H and O–H groups in total. The van der Waals surface area contributed by atoms with Gasteiger partial charge in [-0.25, -0.2) is 9.79 Å². The maximum atomic E-state index is 13.7. The summed E-state index contributed by atoms with van der Waals surface area (Å²) in [4.78, 5) is 31.9. The number of aromatic nitrogens is 1. The van der Waals surface area contributed by atoms with Crippen LogP contribution < -0.4 is 24.4 Å². The minimum absolute atomic E-state index is 0.0991. The SMILES string of the molecule is C=CCOc1ccc([C@H]2C(C(=O)OCC)=C(C)N=c3sc(=Cc4cccc(O)c4)c(=O)n32)cc1OCC. The predicted octanol–water partition coefficient (Wildman–Crippen LogP) is 3.47. The van der Waals surface area contributed by atoms with Gasteiger partial charge >= 0.3 is 5.97 Å². The average molecular weight is 521 g/mol. The van der Waals surface area contributed by atoms with Crippen LogP contribution in [0.25, 0.3) is 6.08 Å². The first-order valence-corrected chi connectivity index (χ1v) is 12.7. The highest BCUT2D eigenvalue weighted by Crippen LogP contribution is 2.36. The van der Waals surface area contributed by atoms with Crippen molar-refractivity contribution in [1.29, 1.82) is 0 Å². The third kappa shape index (κ3) is 5.36. The molecule has 0 saturated carbocycles. The van der Waals surface area contributed by atoms with Gasteiger partial charge in [0.2, 0.25) is 0 Å². The van der Waals surface area contributed by atoms with Crippen molar-refractivity contribution < 1.29 is 24.1 Å². The number of esters is 1. The number of aromatic hydroxyl groups is 1. The lowest BCUT2D eigenvalue weighted by Gasteiger charge is -2.25. The van der Waals surface area contributed by atoms with Crippen LogP contribution in [-0.4, -0.2) is 35.5 Å². The molecule has 2 heterocycles. The smallest absolute Gasteiger partial charge is 0.338 e. The molecule has 8 nitrogen and oxygen atoms in total. The zero-order valence-electron chi connectivity index (χ0n) is 20.9. The molecule has 0 bridgehead atoms. The Bertz CT molecular complexity index is 1550. The van der Waals surface area contributed by atoms with Crippen molar-refractivity contribution in [1.82, 2.24) is 4.57 Å². The zero-order valence-corrected chi connectivity index (χ0v) is 21.7. The molecule has 0 unspecified atom stereocenters. The number of benzene rings is 2. The van der Waals surface area contributed by atoms with Crippen LogP contribution in [0.1, 0.15) is 37.9 Å². The average Bonchev–Trinajstić information content (AvgIpc) is 3.17. The Hall–Kier alpha value is -4.11. The van der Waals surface area contributed by atoms with Crippen LogP contribution in [0.5, 0.6) is 17.2 Å². The molecule has 0 amide bonds. The summed E-state index contributed by atoms with van der Waals surface area (Å²) in [5.41, 5.74) is 1.76. The van der Waals surface area contributed by atoms with Crippen LogP contribution in [0.2, 0.25) is 0 Å². The van der Waals surface area contributed by atoms with Gasteiger partial charge in [-0.15, -0.1) is 0 Å². The molecule has 0 fully saturated rings. The number of fused-ring (bicyclic) bond motifs is 1. The fourth-order valence-corrected chi connectivity index (χ4v) is 5.15. The van der Waals surface area contributed by atoms with Crippen LogP contribution in [0.15, 0.2) is 76.2 Å². The molecule has 3 aromatic rings. The summed E-state index contributed by atoms with van der Waals surface area (Å²) in [6.45, 7) is 9.90. The van der Waals surface area contributed by atoms with E-state index in [-0.39, 0.29) is 23.5 Å². The lowest BCUT2D eigenvalue weighted by molar-refractivity contribution is -0.139. The van der Waals surface area contributed by atoms with E-state index in [9.17, 15) is 14.7 Å². The molecule has 0 spiro atoms. The molecule has 1 aromatic heterocycles. The molecule has 0 saturated heterocycles. The fourth-order valence-electron chi connectivity index (χ4n) is 4.10. The molecule has 192 valence electrons. The normalized spacial score (nSPS) is 15.1. The van der Waals surface area contributed by atoms with E-state index in [0.29, 0.717) is 50.9 Å². The van der Waals surface area contributed by atoms with E-state index in [0.717, 1.165) is 0 Å². The number of carbonyl (C=O) groups is 1. The fraction of sp³-hybridized carbons (Fsp3) is 0.250. The van der Waals surface area contributed by atoms with Crippen LogP contribution in [0.4, 0.5) is 0 Å². The van der Waals surface area contributed by atoms with Gasteiger partial charge < -0.3 is 19.3 Å². The minimum Gasteiger partial charge on any atom is -0.508 e. The lowest BCUT2D eigenvalue weighted by atomic mass is 9.95. The van der Waals surface area contributed by atoms with Gasteiger partial charge in [-0.1, -0.05) is 42.2 Å². The van der Waals surface area contributed by atoms with Crippen LogP contribution >= 0.6 is 11.3 Å². The number of phenolic OH excluding ortho intramolecular Hbond substituents is 1.